The van der Waals surface area contributed by atoms with Gasteiger partial charge in [0.15, 0.2) is 5.69 Å². The van der Waals surface area contributed by atoms with E-state index in [-0.39, 0.29) is 22.5 Å². The minimum absolute atomic E-state index is 0.0821. The summed E-state index contributed by atoms with van der Waals surface area (Å²) in [4.78, 5) is 28.1. The Morgan fingerprint density at radius 1 is 1.07 bits per heavy atom. The molecule has 0 saturated carbocycles. The highest BCUT2D eigenvalue weighted by molar-refractivity contribution is 6.34. The lowest BCUT2D eigenvalue weighted by molar-refractivity contribution is 0.0467. The lowest BCUT2D eigenvalue weighted by atomic mass is 10.0. The molecule has 2 aromatic heterocycles. The number of benzene rings is 2. The number of fused-ring (bicyclic) bond motifs is 3. The predicted octanol–water partition coefficient (Wildman–Crippen LogP) is 5.01. The third-order valence-electron chi connectivity index (χ3n) is 4.08. The van der Waals surface area contributed by atoms with Gasteiger partial charge in [0.2, 0.25) is 0 Å². The summed E-state index contributed by atoms with van der Waals surface area (Å²) >= 11 is 11.8. The first-order valence-corrected chi connectivity index (χ1v) is 8.72. The molecule has 0 N–H and O–H groups in total. The molecule has 0 amide bonds. The standard InChI is InChI=1S/C20H11Cl2NO4/c21-14-6-8-16(22)23-19(14)20(25)26-10-12-9-17(24)27-15-7-5-11-3-1-2-4-13(11)18(12)15/h1-9H,10H2. The average molecular weight is 400 g/mol. The predicted molar refractivity (Wildman–Crippen MR) is 103 cm³/mol. The zero-order valence-electron chi connectivity index (χ0n) is 13.7. The van der Waals surface area contributed by atoms with Gasteiger partial charge < -0.3 is 9.15 Å². The average Bonchev–Trinajstić information content (AvgIpc) is 2.67. The van der Waals surface area contributed by atoms with Crippen LogP contribution in [0.25, 0.3) is 21.7 Å². The number of hydrogen-bond donors (Lipinski definition) is 0. The summed E-state index contributed by atoms with van der Waals surface area (Å²) < 4.78 is 10.6. The fourth-order valence-electron chi connectivity index (χ4n) is 2.91. The molecule has 2 aromatic carbocycles. The maximum absolute atomic E-state index is 12.3. The molecule has 0 aliphatic carbocycles. The van der Waals surface area contributed by atoms with E-state index < -0.39 is 11.6 Å². The fourth-order valence-corrected chi connectivity index (χ4v) is 3.24. The van der Waals surface area contributed by atoms with E-state index in [4.69, 9.17) is 32.4 Å². The van der Waals surface area contributed by atoms with Gasteiger partial charge in [-0.2, -0.15) is 0 Å². The highest BCUT2D eigenvalue weighted by atomic mass is 35.5. The lowest BCUT2D eigenvalue weighted by Gasteiger charge is -2.10. The van der Waals surface area contributed by atoms with Crippen molar-refractivity contribution in [1.82, 2.24) is 4.98 Å². The summed E-state index contributed by atoms with van der Waals surface area (Å²) in [6.45, 7) is -0.139. The van der Waals surface area contributed by atoms with Gasteiger partial charge in [-0.25, -0.2) is 14.6 Å². The molecule has 0 aliphatic rings. The van der Waals surface area contributed by atoms with Crippen LogP contribution >= 0.6 is 23.2 Å². The van der Waals surface area contributed by atoms with Crippen molar-refractivity contribution in [2.45, 2.75) is 6.61 Å². The number of halogens is 2. The van der Waals surface area contributed by atoms with Crippen LogP contribution < -0.4 is 5.63 Å². The van der Waals surface area contributed by atoms with Crippen molar-refractivity contribution in [3.63, 3.8) is 0 Å². The summed E-state index contributed by atoms with van der Waals surface area (Å²) in [5.41, 5.74) is 0.347. The fraction of sp³-hybridized carbons (Fsp3) is 0.0500. The lowest BCUT2D eigenvalue weighted by Crippen LogP contribution is -2.10. The van der Waals surface area contributed by atoms with Gasteiger partial charge in [-0.15, -0.1) is 0 Å². The molecule has 0 radical (unpaired) electrons. The SMILES string of the molecule is O=C(OCc1cc(=O)oc2ccc3ccccc3c12)c1nc(Cl)ccc1Cl. The van der Waals surface area contributed by atoms with E-state index in [9.17, 15) is 9.59 Å². The van der Waals surface area contributed by atoms with Crippen LogP contribution in [-0.4, -0.2) is 11.0 Å². The second kappa shape index (κ2) is 7.02. The van der Waals surface area contributed by atoms with Gasteiger partial charge in [-0.3, -0.25) is 0 Å². The van der Waals surface area contributed by atoms with E-state index in [1.807, 2.05) is 30.3 Å². The van der Waals surface area contributed by atoms with Crippen LogP contribution in [-0.2, 0) is 11.3 Å². The Labute approximate surface area is 163 Å². The molecular weight excluding hydrogens is 389 g/mol. The first-order chi connectivity index (χ1) is 13.0. The molecule has 4 aromatic rings. The number of pyridine rings is 1. The van der Waals surface area contributed by atoms with Gasteiger partial charge >= 0.3 is 11.6 Å². The number of aromatic nitrogens is 1. The van der Waals surface area contributed by atoms with Gasteiger partial charge in [0.1, 0.15) is 17.3 Å². The smallest absolute Gasteiger partial charge is 0.358 e. The van der Waals surface area contributed by atoms with E-state index in [2.05, 4.69) is 4.98 Å². The van der Waals surface area contributed by atoms with Crippen molar-refractivity contribution in [2.24, 2.45) is 0 Å². The number of hydrogen-bond acceptors (Lipinski definition) is 5. The molecule has 27 heavy (non-hydrogen) atoms. The summed E-state index contributed by atoms with van der Waals surface area (Å²) in [6.07, 6.45) is 0. The van der Waals surface area contributed by atoms with Crippen molar-refractivity contribution in [3.05, 3.63) is 86.5 Å². The Morgan fingerprint density at radius 2 is 1.89 bits per heavy atom. The monoisotopic (exact) mass is 399 g/mol. The molecule has 2 heterocycles. The number of carbonyl (C=O) groups excluding carboxylic acids is 1. The molecule has 7 heteroatoms. The van der Waals surface area contributed by atoms with E-state index in [0.29, 0.717) is 16.5 Å². The van der Waals surface area contributed by atoms with E-state index in [1.165, 1.54) is 18.2 Å². The molecule has 0 bridgehead atoms. The van der Waals surface area contributed by atoms with Crippen molar-refractivity contribution in [2.75, 3.05) is 0 Å². The normalized spacial score (nSPS) is 11.0. The zero-order chi connectivity index (χ0) is 19.0. The van der Waals surface area contributed by atoms with Gasteiger partial charge in [-0.1, -0.05) is 53.5 Å². The Morgan fingerprint density at radius 3 is 2.74 bits per heavy atom. The number of rotatable bonds is 3. The molecule has 5 nitrogen and oxygen atoms in total. The molecule has 0 aliphatic heterocycles. The molecule has 134 valence electrons. The molecule has 0 spiro atoms. The van der Waals surface area contributed by atoms with E-state index in [1.54, 1.807) is 6.07 Å². The van der Waals surface area contributed by atoms with Crippen molar-refractivity contribution < 1.29 is 13.9 Å². The minimum Gasteiger partial charge on any atom is -0.456 e. The summed E-state index contributed by atoms with van der Waals surface area (Å²) in [7, 11) is 0. The summed E-state index contributed by atoms with van der Waals surface area (Å²) in [5, 5.41) is 2.84. The molecule has 0 atom stereocenters. The topological polar surface area (TPSA) is 69.4 Å². The molecular formula is C20H11Cl2NO4. The number of ether oxygens (including phenoxy) is 1. The Balaban J connectivity index is 1.75. The van der Waals surface area contributed by atoms with Gasteiger partial charge in [0.05, 0.1) is 5.02 Å². The van der Waals surface area contributed by atoms with Crippen LogP contribution in [0.4, 0.5) is 0 Å². The van der Waals surface area contributed by atoms with Crippen LogP contribution in [0.5, 0.6) is 0 Å². The van der Waals surface area contributed by atoms with Gasteiger partial charge in [0.25, 0.3) is 0 Å². The van der Waals surface area contributed by atoms with Crippen LogP contribution in [0.2, 0.25) is 10.2 Å². The molecule has 0 saturated heterocycles. The highest BCUT2D eigenvalue weighted by Gasteiger charge is 2.17. The third-order valence-corrected chi connectivity index (χ3v) is 4.59. The second-order valence-corrected chi connectivity index (χ2v) is 6.59. The van der Waals surface area contributed by atoms with Crippen LogP contribution in [0.15, 0.2) is 63.8 Å². The first-order valence-electron chi connectivity index (χ1n) is 7.96. The molecule has 4 rings (SSSR count). The Bertz CT molecular complexity index is 1250. The molecule has 0 unspecified atom stereocenters. The van der Waals surface area contributed by atoms with Crippen LogP contribution in [0.3, 0.4) is 0 Å². The third kappa shape index (κ3) is 3.39. The summed E-state index contributed by atoms with van der Waals surface area (Å²) in [6, 6.07) is 15.5. The largest absolute Gasteiger partial charge is 0.456 e. The van der Waals surface area contributed by atoms with Crippen molar-refractivity contribution in [1.29, 1.82) is 0 Å². The van der Waals surface area contributed by atoms with E-state index in [0.717, 1.165) is 10.8 Å². The Hall–Kier alpha value is -2.89. The van der Waals surface area contributed by atoms with E-state index >= 15 is 0 Å². The molecule has 0 fully saturated rings. The number of esters is 1. The Kier molecular flexibility index (Phi) is 4.56. The highest BCUT2D eigenvalue weighted by Crippen LogP contribution is 2.28. The number of nitrogens with zero attached hydrogens (tertiary/aromatic N) is 1. The van der Waals surface area contributed by atoms with Crippen LogP contribution in [0, 0.1) is 0 Å². The first kappa shape index (κ1) is 17.5. The van der Waals surface area contributed by atoms with Gasteiger partial charge in [0, 0.05) is 17.0 Å². The van der Waals surface area contributed by atoms with Crippen molar-refractivity contribution >= 4 is 50.9 Å². The summed E-state index contributed by atoms with van der Waals surface area (Å²) in [5.74, 6) is -0.732. The minimum atomic E-state index is -0.732. The van der Waals surface area contributed by atoms with Gasteiger partial charge in [-0.05, 0) is 29.0 Å². The van der Waals surface area contributed by atoms with Crippen molar-refractivity contribution in [3.8, 4) is 0 Å². The second-order valence-electron chi connectivity index (χ2n) is 5.79. The zero-order valence-corrected chi connectivity index (χ0v) is 15.3. The quantitative estimate of drug-likeness (QED) is 0.209. The maximum Gasteiger partial charge on any atom is 0.358 e. The number of carbonyl (C=O) groups is 1. The van der Waals surface area contributed by atoms with Crippen LogP contribution in [0.1, 0.15) is 16.1 Å². The maximum atomic E-state index is 12.3.